The van der Waals surface area contributed by atoms with Gasteiger partial charge in [0.1, 0.15) is 17.6 Å². The summed E-state index contributed by atoms with van der Waals surface area (Å²) in [5.74, 6) is -2.51. The summed E-state index contributed by atoms with van der Waals surface area (Å²) in [5.41, 5.74) is -1.29. The van der Waals surface area contributed by atoms with Crippen molar-refractivity contribution in [1.82, 2.24) is 0 Å². The average Bonchev–Trinajstić information content (AvgIpc) is 2.68. The van der Waals surface area contributed by atoms with Gasteiger partial charge in [-0.25, -0.2) is 0 Å². The van der Waals surface area contributed by atoms with Gasteiger partial charge < -0.3 is 24.8 Å². The molecule has 0 radical (unpaired) electrons. The van der Waals surface area contributed by atoms with Crippen molar-refractivity contribution in [3.8, 4) is 0 Å². The number of ether oxygens (including phenoxy) is 2. The van der Waals surface area contributed by atoms with Crippen molar-refractivity contribution in [2.24, 2.45) is 17.8 Å². The smallest absolute Gasteiger partial charge is 0.315 e. The molecule has 1 aliphatic carbocycles. The molecule has 6 heteroatoms. The van der Waals surface area contributed by atoms with Crippen LogP contribution >= 0.6 is 0 Å². The van der Waals surface area contributed by atoms with Crippen LogP contribution in [-0.4, -0.2) is 52.0 Å². The summed E-state index contributed by atoms with van der Waals surface area (Å²) in [5, 5.41) is 29.9. The highest BCUT2D eigenvalue weighted by Crippen LogP contribution is 2.53. The SMILES string of the molecule is C[C@H]1[C@H](O)[C@@H]2OC(=O)[C@H]3[C@@H]2[C@]1(O)CO[C@@H]3O. The van der Waals surface area contributed by atoms with Crippen LogP contribution in [0.25, 0.3) is 0 Å². The number of hydrogen-bond donors (Lipinski definition) is 3. The van der Waals surface area contributed by atoms with Gasteiger partial charge in [-0.3, -0.25) is 4.79 Å². The minimum atomic E-state index is -1.29. The van der Waals surface area contributed by atoms with E-state index in [1.165, 1.54) is 0 Å². The third-order valence-corrected chi connectivity index (χ3v) is 4.27. The largest absolute Gasteiger partial charge is 0.459 e. The summed E-state index contributed by atoms with van der Waals surface area (Å²) in [6, 6.07) is 0. The van der Waals surface area contributed by atoms with Crippen LogP contribution in [0, 0.1) is 17.8 Å². The molecule has 90 valence electrons. The third-order valence-electron chi connectivity index (χ3n) is 4.27. The van der Waals surface area contributed by atoms with E-state index in [4.69, 9.17) is 9.47 Å². The molecule has 2 heterocycles. The van der Waals surface area contributed by atoms with Gasteiger partial charge in [0, 0.05) is 11.8 Å². The lowest BCUT2D eigenvalue weighted by Crippen LogP contribution is -2.55. The van der Waals surface area contributed by atoms with Crippen LogP contribution in [0.15, 0.2) is 0 Å². The number of rotatable bonds is 0. The lowest BCUT2D eigenvalue weighted by molar-refractivity contribution is -0.241. The zero-order chi connectivity index (χ0) is 11.7. The first kappa shape index (κ1) is 10.5. The quantitative estimate of drug-likeness (QED) is 0.426. The Hall–Kier alpha value is -0.690. The van der Waals surface area contributed by atoms with Crippen molar-refractivity contribution in [2.45, 2.75) is 31.0 Å². The van der Waals surface area contributed by atoms with Gasteiger partial charge in [-0.15, -0.1) is 0 Å². The van der Waals surface area contributed by atoms with Gasteiger partial charge in [0.15, 0.2) is 6.29 Å². The molecular formula is C10H14O6. The molecule has 3 aliphatic rings. The molecule has 3 N–H and O–H groups in total. The van der Waals surface area contributed by atoms with Gasteiger partial charge in [-0.1, -0.05) is 6.92 Å². The van der Waals surface area contributed by atoms with E-state index in [-0.39, 0.29) is 6.61 Å². The number of aliphatic hydroxyl groups is 3. The highest BCUT2D eigenvalue weighted by molar-refractivity contribution is 5.76. The maximum absolute atomic E-state index is 11.5. The predicted molar refractivity (Wildman–Crippen MR) is 48.9 cm³/mol. The van der Waals surface area contributed by atoms with Crippen molar-refractivity contribution < 1.29 is 29.6 Å². The van der Waals surface area contributed by atoms with Gasteiger partial charge in [0.25, 0.3) is 0 Å². The zero-order valence-electron chi connectivity index (χ0n) is 8.74. The van der Waals surface area contributed by atoms with Crippen molar-refractivity contribution in [2.75, 3.05) is 6.61 Å². The number of aliphatic hydroxyl groups excluding tert-OH is 2. The molecule has 2 saturated heterocycles. The molecule has 0 aromatic heterocycles. The van der Waals surface area contributed by atoms with Crippen molar-refractivity contribution in [3.63, 3.8) is 0 Å². The Bertz CT molecular complexity index is 344. The summed E-state index contributed by atoms with van der Waals surface area (Å²) in [7, 11) is 0. The van der Waals surface area contributed by atoms with E-state index < -0.39 is 47.8 Å². The van der Waals surface area contributed by atoms with Crippen LogP contribution in [-0.2, 0) is 14.3 Å². The number of hydrogen-bond acceptors (Lipinski definition) is 6. The standard InChI is InChI=1S/C10H14O6/c1-3-6(11)7-5-4(9(13)16-7)8(12)15-2-10(3,5)14/h3-8,11-12,14H,2H2,1H3/t3-,4-,5-,6-,7+,8-,10-/m0/s1. The van der Waals surface area contributed by atoms with Gasteiger partial charge in [0.2, 0.25) is 0 Å². The number of carbonyl (C=O) groups is 1. The van der Waals surface area contributed by atoms with E-state index >= 15 is 0 Å². The first-order chi connectivity index (χ1) is 7.47. The van der Waals surface area contributed by atoms with Crippen molar-refractivity contribution >= 4 is 5.97 Å². The minimum absolute atomic E-state index is 0.0826. The molecule has 3 rings (SSSR count). The molecule has 0 bridgehead atoms. The van der Waals surface area contributed by atoms with Gasteiger partial charge in [0.05, 0.1) is 12.7 Å². The van der Waals surface area contributed by atoms with Crippen LogP contribution < -0.4 is 0 Å². The Balaban J connectivity index is 2.06. The molecule has 0 aromatic rings. The van der Waals surface area contributed by atoms with E-state index in [0.29, 0.717) is 0 Å². The Morgan fingerprint density at radius 2 is 2.12 bits per heavy atom. The molecule has 1 saturated carbocycles. The second-order valence-corrected chi connectivity index (χ2v) is 4.93. The predicted octanol–water partition coefficient (Wildman–Crippen LogP) is -1.77. The fraction of sp³-hybridized carbons (Fsp3) is 0.900. The molecule has 2 aliphatic heterocycles. The molecule has 0 spiro atoms. The van der Waals surface area contributed by atoms with E-state index in [9.17, 15) is 20.1 Å². The summed E-state index contributed by atoms with van der Waals surface area (Å²) in [4.78, 5) is 11.5. The van der Waals surface area contributed by atoms with Gasteiger partial charge in [-0.2, -0.15) is 0 Å². The van der Waals surface area contributed by atoms with E-state index in [1.807, 2.05) is 0 Å². The molecule has 0 aromatic carbocycles. The highest BCUT2D eigenvalue weighted by Gasteiger charge is 2.70. The second-order valence-electron chi connectivity index (χ2n) is 4.93. The Morgan fingerprint density at radius 1 is 1.44 bits per heavy atom. The van der Waals surface area contributed by atoms with Gasteiger partial charge in [-0.05, 0) is 0 Å². The van der Waals surface area contributed by atoms with Crippen molar-refractivity contribution in [1.29, 1.82) is 0 Å². The maximum atomic E-state index is 11.5. The molecule has 16 heavy (non-hydrogen) atoms. The molecule has 7 atom stereocenters. The Kier molecular flexibility index (Phi) is 1.93. The van der Waals surface area contributed by atoms with Crippen molar-refractivity contribution in [3.05, 3.63) is 0 Å². The molecule has 3 fully saturated rings. The average molecular weight is 230 g/mol. The zero-order valence-corrected chi connectivity index (χ0v) is 8.74. The van der Waals surface area contributed by atoms with Gasteiger partial charge >= 0.3 is 5.97 Å². The molecule has 0 amide bonds. The van der Waals surface area contributed by atoms with E-state index in [2.05, 4.69) is 0 Å². The maximum Gasteiger partial charge on any atom is 0.315 e. The second kappa shape index (κ2) is 2.95. The number of esters is 1. The Morgan fingerprint density at radius 3 is 2.81 bits per heavy atom. The van der Waals surface area contributed by atoms with Crippen LogP contribution in [0.1, 0.15) is 6.92 Å². The molecule has 6 nitrogen and oxygen atoms in total. The number of carbonyl (C=O) groups excluding carboxylic acids is 1. The lowest BCUT2D eigenvalue weighted by atomic mass is 9.76. The fourth-order valence-electron chi connectivity index (χ4n) is 3.24. The van der Waals surface area contributed by atoms with Crippen LogP contribution in [0.2, 0.25) is 0 Å². The first-order valence-electron chi connectivity index (χ1n) is 5.37. The van der Waals surface area contributed by atoms with Crippen LogP contribution in [0.5, 0.6) is 0 Å². The minimum Gasteiger partial charge on any atom is -0.459 e. The van der Waals surface area contributed by atoms with E-state index in [0.717, 1.165) is 0 Å². The summed E-state index contributed by atoms with van der Waals surface area (Å²) in [6.07, 6.45) is -2.88. The van der Waals surface area contributed by atoms with Crippen LogP contribution in [0.3, 0.4) is 0 Å². The first-order valence-corrected chi connectivity index (χ1v) is 5.37. The molecule has 0 unspecified atom stereocenters. The summed E-state index contributed by atoms with van der Waals surface area (Å²) in [6.45, 7) is 1.61. The Labute approximate surface area is 91.8 Å². The molecular weight excluding hydrogens is 216 g/mol. The summed E-state index contributed by atoms with van der Waals surface area (Å²) >= 11 is 0. The van der Waals surface area contributed by atoms with E-state index in [1.54, 1.807) is 6.92 Å². The normalized spacial score (nSPS) is 59.6. The summed E-state index contributed by atoms with van der Waals surface area (Å²) < 4.78 is 10.0. The fourth-order valence-corrected chi connectivity index (χ4v) is 3.24. The van der Waals surface area contributed by atoms with Crippen LogP contribution in [0.4, 0.5) is 0 Å². The topological polar surface area (TPSA) is 96.2 Å². The third kappa shape index (κ3) is 0.982. The monoisotopic (exact) mass is 230 g/mol. The highest BCUT2D eigenvalue weighted by atomic mass is 16.6. The lowest BCUT2D eigenvalue weighted by Gasteiger charge is -2.40.